The third-order valence-electron chi connectivity index (χ3n) is 4.05. The molecule has 1 aliphatic rings. The van der Waals surface area contributed by atoms with E-state index in [-0.39, 0.29) is 5.78 Å². The lowest BCUT2D eigenvalue weighted by Gasteiger charge is -2.23. The number of rotatable bonds is 12. The monoisotopic (exact) mass is 341 g/mol. The van der Waals surface area contributed by atoms with Gasteiger partial charge in [-0.25, -0.2) is 0 Å². The predicted octanol–water partition coefficient (Wildman–Crippen LogP) is 5.36. The molecule has 2 nitrogen and oxygen atoms in total. The Morgan fingerprint density at radius 3 is 2.59 bits per heavy atom. The summed E-state index contributed by atoms with van der Waals surface area (Å²) in [6, 6.07) is 0.318. The van der Waals surface area contributed by atoms with Crippen molar-refractivity contribution in [2.24, 2.45) is 0 Å². The zero-order valence-corrected chi connectivity index (χ0v) is 15.8. The maximum Gasteiger partial charge on any atom is 0.155 e. The molecule has 0 radical (unpaired) electrons. The molecular weight excluding hydrogens is 310 g/mol. The minimum atomic E-state index is 0.263. The van der Waals surface area contributed by atoms with Gasteiger partial charge in [0.15, 0.2) is 5.78 Å². The highest BCUT2D eigenvalue weighted by atomic mass is 32.2. The first-order valence-electron chi connectivity index (χ1n) is 8.83. The number of thioether (sulfide) groups is 1. The highest BCUT2D eigenvalue weighted by molar-refractivity contribution is 8.23. The lowest BCUT2D eigenvalue weighted by atomic mass is 10.1. The van der Waals surface area contributed by atoms with E-state index in [0.717, 1.165) is 35.9 Å². The van der Waals surface area contributed by atoms with Gasteiger partial charge >= 0.3 is 0 Å². The fourth-order valence-corrected chi connectivity index (χ4v) is 4.05. The second-order valence-corrected chi connectivity index (χ2v) is 7.69. The fraction of sp³-hybridized carbons (Fsp3) is 0.778. The number of nitrogens with zero attached hydrogens (tertiary/aromatic N) is 1. The molecule has 1 atom stereocenters. The summed E-state index contributed by atoms with van der Waals surface area (Å²) >= 11 is 7.20. The van der Waals surface area contributed by atoms with Crippen LogP contribution in [-0.4, -0.2) is 33.3 Å². The first-order valence-corrected chi connectivity index (χ1v) is 10.2. The molecule has 1 saturated heterocycles. The van der Waals surface area contributed by atoms with Crippen LogP contribution in [0.4, 0.5) is 0 Å². The summed E-state index contributed by atoms with van der Waals surface area (Å²) in [5.41, 5.74) is 0. The van der Waals surface area contributed by atoms with Crippen molar-refractivity contribution in [3.8, 4) is 0 Å². The second kappa shape index (κ2) is 12.1. The third kappa shape index (κ3) is 7.77. The van der Waals surface area contributed by atoms with Crippen molar-refractivity contribution < 1.29 is 4.79 Å². The Labute approximate surface area is 146 Å². The molecule has 4 heteroatoms. The van der Waals surface area contributed by atoms with Crippen molar-refractivity contribution in [1.29, 1.82) is 0 Å². The Morgan fingerprint density at radius 1 is 1.18 bits per heavy atom. The summed E-state index contributed by atoms with van der Waals surface area (Å²) in [6.07, 6.45) is 14.3. The SMILES string of the molecule is CCCCCCCN1C(=S)SCC1/C=C/C(=O)CCCCC. The van der Waals surface area contributed by atoms with E-state index in [4.69, 9.17) is 12.2 Å². The van der Waals surface area contributed by atoms with Gasteiger partial charge in [-0.05, 0) is 18.9 Å². The molecule has 0 amide bonds. The minimum absolute atomic E-state index is 0.263. The van der Waals surface area contributed by atoms with Crippen LogP contribution in [0.25, 0.3) is 0 Å². The second-order valence-electron chi connectivity index (χ2n) is 6.03. The lowest BCUT2D eigenvalue weighted by molar-refractivity contribution is -0.114. The number of hydrogen-bond donors (Lipinski definition) is 0. The number of hydrogen-bond acceptors (Lipinski definition) is 3. The molecule has 1 fully saturated rings. The van der Waals surface area contributed by atoms with Crippen LogP contribution in [0.15, 0.2) is 12.2 Å². The van der Waals surface area contributed by atoms with Gasteiger partial charge in [0.25, 0.3) is 0 Å². The molecular formula is C18H31NOS2. The summed E-state index contributed by atoms with van der Waals surface area (Å²) in [7, 11) is 0. The fourth-order valence-electron chi connectivity index (χ4n) is 2.62. The topological polar surface area (TPSA) is 20.3 Å². The molecule has 0 spiro atoms. The van der Waals surface area contributed by atoms with Gasteiger partial charge in [0.05, 0.1) is 6.04 Å². The maximum atomic E-state index is 11.9. The average molecular weight is 342 g/mol. The molecule has 126 valence electrons. The first kappa shape index (κ1) is 19.7. The van der Waals surface area contributed by atoms with Crippen molar-refractivity contribution in [3.63, 3.8) is 0 Å². The van der Waals surface area contributed by atoms with E-state index in [1.807, 2.05) is 0 Å². The van der Waals surface area contributed by atoms with Crippen molar-refractivity contribution >= 4 is 34.1 Å². The summed E-state index contributed by atoms with van der Waals surface area (Å²) < 4.78 is 1.00. The molecule has 22 heavy (non-hydrogen) atoms. The molecule has 0 saturated carbocycles. The Bertz CT molecular complexity index is 368. The molecule has 0 N–H and O–H groups in total. The van der Waals surface area contributed by atoms with Gasteiger partial charge in [-0.15, -0.1) is 0 Å². The van der Waals surface area contributed by atoms with E-state index in [0.29, 0.717) is 12.5 Å². The van der Waals surface area contributed by atoms with Gasteiger partial charge in [-0.2, -0.15) is 0 Å². The number of unbranched alkanes of at least 4 members (excludes halogenated alkanes) is 6. The quantitative estimate of drug-likeness (QED) is 0.270. The smallest absolute Gasteiger partial charge is 0.155 e. The summed E-state index contributed by atoms with van der Waals surface area (Å²) in [5, 5.41) is 0. The van der Waals surface area contributed by atoms with E-state index in [9.17, 15) is 4.79 Å². The highest BCUT2D eigenvalue weighted by Crippen LogP contribution is 2.25. The Kier molecular flexibility index (Phi) is 10.9. The molecule has 0 aliphatic carbocycles. The molecule has 1 rings (SSSR count). The summed E-state index contributed by atoms with van der Waals surface area (Å²) in [4.78, 5) is 14.2. The van der Waals surface area contributed by atoms with Crippen LogP contribution in [-0.2, 0) is 4.79 Å². The predicted molar refractivity (Wildman–Crippen MR) is 103 cm³/mol. The number of allylic oxidation sites excluding steroid dienone is 1. The Hall–Kier alpha value is -0.350. The highest BCUT2D eigenvalue weighted by Gasteiger charge is 2.26. The zero-order valence-electron chi connectivity index (χ0n) is 14.2. The first-order chi connectivity index (χ1) is 10.7. The number of carbonyl (C=O) groups is 1. The van der Waals surface area contributed by atoms with Gasteiger partial charge in [0.2, 0.25) is 0 Å². The van der Waals surface area contributed by atoms with E-state index in [1.165, 1.54) is 32.1 Å². The van der Waals surface area contributed by atoms with E-state index >= 15 is 0 Å². The van der Waals surface area contributed by atoms with Gasteiger partial charge in [0, 0.05) is 18.7 Å². The van der Waals surface area contributed by atoms with Crippen LogP contribution < -0.4 is 0 Å². The number of carbonyl (C=O) groups excluding carboxylic acids is 1. The van der Waals surface area contributed by atoms with Crippen LogP contribution in [0.5, 0.6) is 0 Å². The number of ketones is 1. The molecule has 1 unspecified atom stereocenters. The Morgan fingerprint density at radius 2 is 1.86 bits per heavy atom. The maximum absolute atomic E-state index is 11.9. The van der Waals surface area contributed by atoms with Gasteiger partial charge in [-0.1, -0.05) is 82.4 Å². The van der Waals surface area contributed by atoms with E-state index in [1.54, 1.807) is 17.8 Å². The lowest BCUT2D eigenvalue weighted by Crippen LogP contribution is -2.32. The van der Waals surface area contributed by atoms with E-state index in [2.05, 4.69) is 24.8 Å². The van der Waals surface area contributed by atoms with Crippen molar-refractivity contribution in [1.82, 2.24) is 4.90 Å². The summed E-state index contributed by atoms with van der Waals surface area (Å²) in [5.74, 6) is 1.26. The van der Waals surface area contributed by atoms with Crippen LogP contribution in [0, 0.1) is 0 Å². The summed E-state index contributed by atoms with van der Waals surface area (Å²) in [6.45, 7) is 5.44. The van der Waals surface area contributed by atoms with Crippen molar-refractivity contribution in [2.75, 3.05) is 12.3 Å². The van der Waals surface area contributed by atoms with Crippen LogP contribution in [0.3, 0.4) is 0 Å². The van der Waals surface area contributed by atoms with Crippen LogP contribution in [0.2, 0.25) is 0 Å². The van der Waals surface area contributed by atoms with Gasteiger partial charge < -0.3 is 4.90 Å². The minimum Gasteiger partial charge on any atom is -0.350 e. The molecule has 1 aliphatic heterocycles. The normalized spacial score (nSPS) is 18.5. The molecule has 1 heterocycles. The van der Waals surface area contributed by atoms with Gasteiger partial charge in [-0.3, -0.25) is 4.79 Å². The molecule has 0 bridgehead atoms. The number of thiocarbonyl (C=S) groups is 1. The van der Waals surface area contributed by atoms with Crippen LogP contribution >= 0.6 is 24.0 Å². The molecule has 0 aromatic rings. The van der Waals surface area contributed by atoms with Crippen molar-refractivity contribution in [3.05, 3.63) is 12.2 Å². The molecule has 0 aromatic carbocycles. The van der Waals surface area contributed by atoms with Gasteiger partial charge in [0.1, 0.15) is 4.32 Å². The third-order valence-corrected chi connectivity index (χ3v) is 5.62. The molecule has 0 aromatic heterocycles. The zero-order chi connectivity index (χ0) is 16.2. The largest absolute Gasteiger partial charge is 0.350 e. The van der Waals surface area contributed by atoms with Crippen molar-refractivity contribution in [2.45, 2.75) is 77.7 Å². The van der Waals surface area contributed by atoms with Crippen LogP contribution in [0.1, 0.15) is 71.6 Å². The Balaban J connectivity index is 2.33. The van der Waals surface area contributed by atoms with E-state index < -0.39 is 0 Å². The standard InChI is InChI=1S/C18H31NOS2/c1-3-5-7-8-10-14-19-16(15-22-18(19)21)12-13-17(20)11-9-6-4-2/h12-13,16H,3-11,14-15H2,1-2H3/b13-12+. The average Bonchev–Trinajstić information content (AvgIpc) is 2.86.